The number of ether oxygens (including phenoxy) is 2. The molecule has 92 valence electrons. The summed E-state index contributed by atoms with van der Waals surface area (Å²) in [4.78, 5) is 11.8. The van der Waals surface area contributed by atoms with Gasteiger partial charge in [0.25, 0.3) is 0 Å². The van der Waals surface area contributed by atoms with E-state index in [1.807, 2.05) is 18.2 Å². The Morgan fingerprint density at radius 1 is 1.18 bits per heavy atom. The minimum absolute atomic E-state index is 0.246. The van der Waals surface area contributed by atoms with Crippen LogP contribution in [0.25, 0.3) is 0 Å². The predicted octanol–water partition coefficient (Wildman–Crippen LogP) is 2.71. The lowest BCUT2D eigenvalue weighted by molar-refractivity contribution is -0.125. The summed E-state index contributed by atoms with van der Waals surface area (Å²) < 4.78 is 10.5. The fourth-order valence-electron chi connectivity index (χ4n) is 2.51. The molecule has 3 nitrogen and oxygen atoms in total. The topological polar surface area (TPSA) is 35.5 Å². The van der Waals surface area contributed by atoms with Crippen molar-refractivity contribution in [1.29, 1.82) is 0 Å². The van der Waals surface area contributed by atoms with Gasteiger partial charge in [-0.1, -0.05) is 12.5 Å². The van der Waals surface area contributed by atoms with E-state index >= 15 is 0 Å². The van der Waals surface area contributed by atoms with E-state index in [1.165, 1.54) is 0 Å². The van der Waals surface area contributed by atoms with Crippen LogP contribution in [0.15, 0.2) is 18.2 Å². The lowest BCUT2D eigenvalue weighted by Crippen LogP contribution is -2.40. The summed E-state index contributed by atoms with van der Waals surface area (Å²) in [6, 6.07) is 5.78. The standard InChI is InChI=1S/C14H18O3/c1-10(15)14(7-4-8-14)11-5-6-12(16-2)13(9-11)17-3/h5-6,9H,4,7-8H2,1-3H3. The molecule has 17 heavy (non-hydrogen) atoms. The summed E-state index contributed by atoms with van der Waals surface area (Å²) in [7, 11) is 3.23. The van der Waals surface area contributed by atoms with Gasteiger partial charge in [0.2, 0.25) is 0 Å². The molecule has 0 radical (unpaired) electrons. The number of ketones is 1. The quantitative estimate of drug-likeness (QED) is 0.803. The maximum Gasteiger partial charge on any atom is 0.161 e. The molecule has 0 unspecified atom stereocenters. The lowest BCUT2D eigenvalue weighted by Gasteiger charge is -2.40. The fraction of sp³-hybridized carbons (Fsp3) is 0.500. The van der Waals surface area contributed by atoms with Crippen molar-refractivity contribution in [3.63, 3.8) is 0 Å². The number of hydrogen-bond donors (Lipinski definition) is 0. The zero-order valence-electron chi connectivity index (χ0n) is 10.6. The molecule has 0 saturated heterocycles. The normalized spacial score (nSPS) is 17.1. The van der Waals surface area contributed by atoms with E-state index in [9.17, 15) is 4.79 Å². The zero-order chi connectivity index (χ0) is 12.5. The van der Waals surface area contributed by atoms with Gasteiger partial charge in [0, 0.05) is 0 Å². The molecule has 0 aromatic heterocycles. The second-order valence-corrected chi connectivity index (χ2v) is 4.56. The van der Waals surface area contributed by atoms with Crippen LogP contribution in [0.2, 0.25) is 0 Å². The van der Waals surface area contributed by atoms with Gasteiger partial charge in [0.05, 0.1) is 19.6 Å². The van der Waals surface area contributed by atoms with E-state index in [4.69, 9.17) is 9.47 Å². The Bertz CT molecular complexity index is 433. The predicted molar refractivity (Wildman–Crippen MR) is 65.8 cm³/mol. The highest BCUT2D eigenvalue weighted by Gasteiger charge is 2.43. The highest BCUT2D eigenvalue weighted by Crippen LogP contribution is 2.46. The molecule has 0 N–H and O–H groups in total. The second-order valence-electron chi connectivity index (χ2n) is 4.56. The SMILES string of the molecule is COc1ccc(C2(C(C)=O)CCC2)cc1OC. The number of rotatable bonds is 4. The summed E-state index contributed by atoms with van der Waals surface area (Å²) in [5, 5.41) is 0. The minimum Gasteiger partial charge on any atom is -0.493 e. The molecule has 0 atom stereocenters. The number of benzene rings is 1. The van der Waals surface area contributed by atoms with Crippen LogP contribution in [0.4, 0.5) is 0 Å². The summed E-state index contributed by atoms with van der Waals surface area (Å²) in [6.07, 6.45) is 3.00. The average molecular weight is 234 g/mol. The molecule has 3 heteroatoms. The molecule has 0 aliphatic heterocycles. The highest BCUT2D eigenvalue weighted by molar-refractivity contribution is 5.89. The number of Topliss-reactive ketones (excluding diaryl/α,β-unsaturated/α-hetero) is 1. The first-order valence-electron chi connectivity index (χ1n) is 5.87. The molecular formula is C14H18O3. The van der Waals surface area contributed by atoms with Crippen LogP contribution in [0, 0.1) is 0 Å². The van der Waals surface area contributed by atoms with Crippen LogP contribution < -0.4 is 9.47 Å². The van der Waals surface area contributed by atoms with Crippen molar-refractivity contribution < 1.29 is 14.3 Å². The molecule has 1 saturated carbocycles. The first-order chi connectivity index (χ1) is 8.14. The number of methoxy groups -OCH3 is 2. The van der Waals surface area contributed by atoms with Crippen molar-refractivity contribution in [2.75, 3.05) is 14.2 Å². The first-order valence-corrected chi connectivity index (χ1v) is 5.87. The summed E-state index contributed by atoms with van der Waals surface area (Å²) in [5.41, 5.74) is 0.772. The van der Waals surface area contributed by atoms with Crippen LogP contribution in [0.5, 0.6) is 11.5 Å². The van der Waals surface area contributed by atoms with E-state index in [2.05, 4.69) is 0 Å². The van der Waals surface area contributed by atoms with Gasteiger partial charge in [-0.05, 0) is 37.5 Å². The third-order valence-electron chi connectivity index (χ3n) is 3.82. The fourth-order valence-corrected chi connectivity index (χ4v) is 2.51. The Hall–Kier alpha value is -1.51. The molecular weight excluding hydrogens is 216 g/mol. The summed E-state index contributed by atoms with van der Waals surface area (Å²) in [6.45, 7) is 1.68. The maximum atomic E-state index is 11.8. The van der Waals surface area contributed by atoms with E-state index in [0.29, 0.717) is 11.5 Å². The van der Waals surface area contributed by atoms with Crippen LogP contribution in [0.1, 0.15) is 31.7 Å². The van der Waals surface area contributed by atoms with Gasteiger partial charge in [-0.15, -0.1) is 0 Å². The maximum absolute atomic E-state index is 11.8. The van der Waals surface area contributed by atoms with Gasteiger partial charge in [-0.2, -0.15) is 0 Å². The Morgan fingerprint density at radius 2 is 1.82 bits per heavy atom. The van der Waals surface area contributed by atoms with Crippen molar-refractivity contribution in [3.05, 3.63) is 23.8 Å². The van der Waals surface area contributed by atoms with Gasteiger partial charge in [0.15, 0.2) is 11.5 Å². The van der Waals surface area contributed by atoms with Gasteiger partial charge in [-0.25, -0.2) is 0 Å². The second kappa shape index (κ2) is 4.40. The van der Waals surface area contributed by atoms with Gasteiger partial charge in [0.1, 0.15) is 5.78 Å². The van der Waals surface area contributed by atoms with Crippen LogP contribution in [-0.4, -0.2) is 20.0 Å². The van der Waals surface area contributed by atoms with Crippen molar-refractivity contribution in [3.8, 4) is 11.5 Å². The number of carbonyl (C=O) groups excluding carboxylic acids is 1. The van der Waals surface area contributed by atoms with Crippen LogP contribution in [0.3, 0.4) is 0 Å². The minimum atomic E-state index is -0.278. The Kier molecular flexibility index (Phi) is 3.09. The molecule has 0 spiro atoms. The Labute approximate surface area is 102 Å². The van der Waals surface area contributed by atoms with Crippen LogP contribution in [-0.2, 0) is 10.2 Å². The number of carbonyl (C=O) groups is 1. The monoisotopic (exact) mass is 234 g/mol. The third-order valence-corrected chi connectivity index (χ3v) is 3.82. The summed E-state index contributed by atoms with van der Waals surface area (Å²) >= 11 is 0. The van der Waals surface area contributed by atoms with E-state index in [-0.39, 0.29) is 11.2 Å². The van der Waals surface area contributed by atoms with E-state index in [0.717, 1.165) is 24.8 Å². The van der Waals surface area contributed by atoms with Gasteiger partial charge < -0.3 is 9.47 Å². The van der Waals surface area contributed by atoms with Crippen molar-refractivity contribution in [2.24, 2.45) is 0 Å². The average Bonchev–Trinajstić information content (AvgIpc) is 2.26. The van der Waals surface area contributed by atoms with Crippen molar-refractivity contribution >= 4 is 5.78 Å². The van der Waals surface area contributed by atoms with E-state index < -0.39 is 0 Å². The smallest absolute Gasteiger partial charge is 0.161 e. The molecule has 1 aromatic rings. The molecule has 1 aromatic carbocycles. The molecule has 0 heterocycles. The molecule has 0 bridgehead atoms. The first kappa shape index (κ1) is 12.0. The molecule has 1 aliphatic rings. The third kappa shape index (κ3) is 1.79. The zero-order valence-corrected chi connectivity index (χ0v) is 10.6. The van der Waals surface area contributed by atoms with Crippen molar-refractivity contribution in [2.45, 2.75) is 31.6 Å². The highest BCUT2D eigenvalue weighted by atomic mass is 16.5. The molecule has 2 rings (SSSR count). The Balaban J connectivity index is 2.42. The Morgan fingerprint density at radius 3 is 2.24 bits per heavy atom. The molecule has 1 fully saturated rings. The van der Waals surface area contributed by atoms with E-state index in [1.54, 1.807) is 21.1 Å². The summed E-state index contributed by atoms with van der Waals surface area (Å²) in [5.74, 6) is 1.64. The van der Waals surface area contributed by atoms with Gasteiger partial charge in [-0.3, -0.25) is 4.79 Å². The van der Waals surface area contributed by atoms with Crippen LogP contribution >= 0.6 is 0 Å². The largest absolute Gasteiger partial charge is 0.493 e. The molecule has 0 amide bonds. The molecule has 1 aliphatic carbocycles. The number of hydrogen-bond acceptors (Lipinski definition) is 3. The lowest BCUT2D eigenvalue weighted by atomic mass is 9.62. The van der Waals surface area contributed by atoms with Crippen molar-refractivity contribution in [1.82, 2.24) is 0 Å². The van der Waals surface area contributed by atoms with Gasteiger partial charge >= 0.3 is 0 Å².